The van der Waals surface area contributed by atoms with Crippen LogP contribution in [0.3, 0.4) is 0 Å². The van der Waals surface area contributed by atoms with Crippen LogP contribution in [0.5, 0.6) is 0 Å². The van der Waals surface area contributed by atoms with Crippen LogP contribution in [0.2, 0.25) is 0 Å². The van der Waals surface area contributed by atoms with Crippen molar-refractivity contribution < 1.29 is 9.53 Å². The van der Waals surface area contributed by atoms with Crippen LogP contribution in [0.1, 0.15) is 22.2 Å². The Morgan fingerprint density at radius 2 is 2.32 bits per heavy atom. The summed E-state index contributed by atoms with van der Waals surface area (Å²) in [4.78, 5) is 17.6. The van der Waals surface area contributed by atoms with E-state index in [0.29, 0.717) is 6.61 Å². The van der Waals surface area contributed by atoms with Gasteiger partial charge in [-0.2, -0.15) is 0 Å². The van der Waals surface area contributed by atoms with Crippen LogP contribution >= 0.6 is 11.3 Å². The standard InChI is InChI=1S/C15H15NO2S/c1-2-18-15(17)8-7-13-5-6-14(19-13)10-12-4-3-9-16-11-12/h3-9,11H,2,10H2,1H3/b8-7+. The SMILES string of the molecule is CCOC(=O)/C=C/c1ccc(Cc2cccnc2)s1. The molecule has 4 heteroatoms. The number of nitrogens with zero attached hydrogens (tertiary/aromatic N) is 1. The largest absolute Gasteiger partial charge is 0.463 e. The lowest BCUT2D eigenvalue weighted by molar-refractivity contribution is -0.137. The first-order chi connectivity index (χ1) is 9.28. The number of esters is 1. The minimum atomic E-state index is -0.301. The number of hydrogen-bond donors (Lipinski definition) is 0. The first kappa shape index (κ1) is 13.5. The molecule has 0 aliphatic rings. The lowest BCUT2D eigenvalue weighted by atomic mass is 10.2. The topological polar surface area (TPSA) is 39.2 Å². The molecular formula is C15H15NO2S. The third-order valence-electron chi connectivity index (χ3n) is 2.45. The molecule has 0 radical (unpaired) electrons. The fraction of sp³-hybridized carbons (Fsp3) is 0.200. The number of carbonyl (C=O) groups is 1. The summed E-state index contributed by atoms with van der Waals surface area (Å²) in [7, 11) is 0. The highest BCUT2D eigenvalue weighted by molar-refractivity contribution is 7.12. The first-order valence-electron chi connectivity index (χ1n) is 6.10. The van der Waals surface area contributed by atoms with Crippen LogP contribution in [-0.2, 0) is 16.0 Å². The average Bonchev–Trinajstić information content (AvgIpc) is 2.86. The van der Waals surface area contributed by atoms with E-state index < -0.39 is 0 Å². The molecule has 0 unspecified atom stereocenters. The fourth-order valence-corrected chi connectivity index (χ4v) is 2.57. The van der Waals surface area contributed by atoms with Crippen molar-refractivity contribution in [3.05, 3.63) is 58.1 Å². The molecule has 0 aliphatic heterocycles. The van der Waals surface area contributed by atoms with Gasteiger partial charge in [-0.05, 0) is 36.8 Å². The maximum absolute atomic E-state index is 11.2. The molecule has 0 saturated heterocycles. The van der Waals surface area contributed by atoms with Crippen molar-refractivity contribution >= 4 is 23.4 Å². The monoisotopic (exact) mass is 273 g/mol. The van der Waals surface area contributed by atoms with E-state index in [1.807, 2.05) is 18.3 Å². The summed E-state index contributed by atoms with van der Waals surface area (Å²) in [5.41, 5.74) is 1.19. The zero-order valence-corrected chi connectivity index (χ0v) is 11.5. The van der Waals surface area contributed by atoms with Crippen molar-refractivity contribution in [3.8, 4) is 0 Å². The number of thiophene rings is 1. The maximum atomic E-state index is 11.2. The summed E-state index contributed by atoms with van der Waals surface area (Å²) >= 11 is 1.67. The quantitative estimate of drug-likeness (QED) is 0.619. The molecule has 0 atom stereocenters. The third-order valence-corrected chi connectivity index (χ3v) is 3.50. The van der Waals surface area contributed by atoms with E-state index in [9.17, 15) is 4.79 Å². The fourth-order valence-electron chi connectivity index (χ4n) is 1.62. The Morgan fingerprint density at radius 3 is 3.05 bits per heavy atom. The van der Waals surface area contributed by atoms with Crippen LogP contribution in [0.25, 0.3) is 6.08 Å². The Labute approximate surface area is 116 Å². The van der Waals surface area contributed by atoms with Gasteiger partial charge in [-0.15, -0.1) is 11.3 Å². The zero-order chi connectivity index (χ0) is 13.5. The van der Waals surface area contributed by atoms with Gasteiger partial charge in [0.25, 0.3) is 0 Å². The molecule has 0 fully saturated rings. The minimum absolute atomic E-state index is 0.301. The molecule has 2 heterocycles. The molecule has 0 aromatic carbocycles. The molecule has 2 aromatic heterocycles. The number of rotatable bonds is 5. The van der Waals surface area contributed by atoms with E-state index in [0.717, 1.165) is 11.3 Å². The summed E-state index contributed by atoms with van der Waals surface area (Å²) in [6.45, 7) is 2.20. The summed E-state index contributed by atoms with van der Waals surface area (Å²) in [6, 6.07) is 8.07. The molecule has 98 valence electrons. The van der Waals surface area contributed by atoms with Crippen molar-refractivity contribution in [1.82, 2.24) is 4.98 Å². The lowest BCUT2D eigenvalue weighted by Gasteiger charge is -1.96. The number of carbonyl (C=O) groups excluding carboxylic acids is 1. The Morgan fingerprint density at radius 1 is 1.42 bits per heavy atom. The molecule has 0 amide bonds. The highest BCUT2D eigenvalue weighted by atomic mass is 32.1. The zero-order valence-electron chi connectivity index (χ0n) is 10.7. The molecule has 2 aromatic rings. The second kappa shape index (κ2) is 6.85. The maximum Gasteiger partial charge on any atom is 0.330 e. The van der Waals surface area contributed by atoms with Crippen LogP contribution in [-0.4, -0.2) is 17.6 Å². The predicted molar refractivity (Wildman–Crippen MR) is 77.0 cm³/mol. The van der Waals surface area contributed by atoms with E-state index in [1.54, 1.807) is 30.5 Å². The Kier molecular flexibility index (Phi) is 4.86. The second-order valence-electron chi connectivity index (χ2n) is 3.93. The van der Waals surface area contributed by atoms with E-state index in [2.05, 4.69) is 17.1 Å². The van der Waals surface area contributed by atoms with Crippen molar-refractivity contribution in [2.45, 2.75) is 13.3 Å². The van der Waals surface area contributed by atoms with Crippen molar-refractivity contribution in [2.24, 2.45) is 0 Å². The average molecular weight is 273 g/mol. The summed E-state index contributed by atoms with van der Waals surface area (Å²) < 4.78 is 4.84. The number of ether oxygens (including phenoxy) is 1. The number of aromatic nitrogens is 1. The summed E-state index contributed by atoms with van der Waals surface area (Å²) in [6.07, 6.45) is 7.75. The van der Waals surface area contributed by atoms with Crippen molar-refractivity contribution in [1.29, 1.82) is 0 Å². The third kappa shape index (κ3) is 4.34. The van der Waals surface area contributed by atoms with Crippen LogP contribution in [0.4, 0.5) is 0 Å². The number of hydrogen-bond acceptors (Lipinski definition) is 4. The molecule has 3 nitrogen and oxygen atoms in total. The second-order valence-corrected chi connectivity index (χ2v) is 5.13. The molecule has 0 saturated carbocycles. The minimum Gasteiger partial charge on any atom is -0.463 e. The first-order valence-corrected chi connectivity index (χ1v) is 6.92. The Bertz CT molecular complexity index is 561. The van der Waals surface area contributed by atoms with E-state index in [-0.39, 0.29) is 5.97 Å². The lowest BCUT2D eigenvalue weighted by Crippen LogP contribution is -1.98. The molecule has 0 bridgehead atoms. The van der Waals surface area contributed by atoms with Gasteiger partial charge < -0.3 is 4.74 Å². The van der Waals surface area contributed by atoms with E-state index in [1.165, 1.54) is 16.5 Å². The molecule has 0 N–H and O–H groups in total. The van der Waals surface area contributed by atoms with Gasteiger partial charge in [0.2, 0.25) is 0 Å². The molecule has 2 rings (SSSR count). The van der Waals surface area contributed by atoms with Gasteiger partial charge in [-0.3, -0.25) is 4.98 Å². The van der Waals surface area contributed by atoms with Crippen molar-refractivity contribution in [3.63, 3.8) is 0 Å². The normalized spacial score (nSPS) is 10.8. The van der Waals surface area contributed by atoms with Crippen LogP contribution in [0.15, 0.2) is 42.7 Å². The van der Waals surface area contributed by atoms with Crippen LogP contribution < -0.4 is 0 Å². The van der Waals surface area contributed by atoms with E-state index >= 15 is 0 Å². The molecule has 19 heavy (non-hydrogen) atoms. The van der Waals surface area contributed by atoms with Gasteiger partial charge in [-0.1, -0.05) is 6.07 Å². The van der Waals surface area contributed by atoms with E-state index in [4.69, 9.17) is 4.74 Å². The molecule has 0 aliphatic carbocycles. The number of pyridine rings is 1. The van der Waals surface area contributed by atoms with Gasteiger partial charge in [-0.25, -0.2) is 4.79 Å². The van der Waals surface area contributed by atoms with Gasteiger partial charge in [0.1, 0.15) is 0 Å². The summed E-state index contributed by atoms with van der Waals surface area (Å²) in [5, 5.41) is 0. The highest BCUT2D eigenvalue weighted by Crippen LogP contribution is 2.20. The smallest absolute Gasteiger partial charge is 0.330 e. The highest BCUT2D eigenvalue weighted by Gasteiger charge is 2.01. The Balaban J connectivity index is 1.97. The summed E-state index contributed by atoms with van der Waals surface area (Å²) in [5.74, 6) is -0.301. The molecule has 0 spiro atoms. The van der Waals surface area contributed by atoms with Gasteiger partial charge in [0.05, 0.1) is 6.61 Å². The van der Waals surface area contributed by atoms with Crippen LogP contribution in [0, 0.1) is 0 Å². The van der Waals surface area contributed by atoms with Gasteiger partial charge in [0, 0.05) is 34.6 Å². The van der Waals surface area contributed by atoms with Gasteiger partial charge in [0.15, 0.2) is 0 Å². The predicted octanol–water partition coefficient (Wildman–Crippen LogP) is 3.31. The molecular weight excluding hydrogens is 258 g/mol. The van der Waals surface area contributed by atoms with Crippen molar-refractivity contribution in [2.75, 3.05) is 6.61 Å². The Hall–Kier alpha value is -1.94. The van der Waals surface area contributed by atoms with Gasteiger partial charge >= 0.3 is 5.97 Å².